The Bertz CT molecular complexity index is 992. The smallest absolute Gasteiger partial charge is 0.408 e. The minimum Gasteiger partial charge on any atom is -0.469 e. The van der Waals surface area contributed by atoms with E-state index in [4.69, 9.17) is 4.74 Å². The molecular weight excluding hydrogens is 542 g/mol. The number of ether oxygens (including phenoxy) is 2. The molecule has 11 nitrogen and oxygen atoms in total. The van der Waals surface area contributed by atoms with Crippen molar-refractivity contribution in [3.05, 3.63) is 35.9 Å². The maximum atomic E-state index is 13.0. The number of benzene rings is 1. The summed E-state index contributed by atoms with van der Waals surface area (Å²) < 4.78 is 10.0. The Kier molecular flexibility index (Phi) is 14.8. The molecule has 0 saturated heterocycles. The second kappa shape index (κ2) is 17.7. The number of aliphatic hydroxyl groups excluding tert-OH is 2. The fraction of sp³-hybridized carbons (Fsp3) is 0.677. The molecular formula is C31H49N3O8. The maximum Gasteiger partial charge on any atom is 0.408 e. The molecule has 0 bridgehead atoms. The van der Waals surface area contributed by atoms with Crippen LogP contribution in [0.15, 0.2) is 30.3 Å². The number of amides is 3. The highest BCUT2D eigenvalue weighted by Crippen LogP contribution is 2.29. The fourth-order valence-corrected chi connectivity index (χ4v) is 5.10. The number of hydrogen-bond acceptors (Lipinski definition) is 8. The van der Waals surface area contributed by atoms with Crippen molar-refractivity contribution in [1.82, 2.24) is 16.0 Å². The first-order valence-corrected chi connectivity index (χ1v) is 14.9. The van der Waals surface area contributed by atoms with E-state index in [-0.39, 0.29) is 18.8 Å². The van der Waals surface area contributed by atoms with Crippen LogP contribution >= 0.6 is 0 Å². The quantitative estimate of drug-likeness (QED) is 0.154. The molecule has 5 N–H and O–H groups in total. The minimum atomic E-state index is -1.45. The van der Waals surface area contributed by atoms with E-state index < -0.39 is 60.2 Å². The van der Waals surface area contributed by atoms with Crippen molar-refractivity contribution >= 4 is 23.9 Å². The number of esters is 1. The lowest BCUT2D eigenvalue weighted by Gasteiger charge is -2.35. The van der Waals surface area contributed by atoms with Gasteiger partial charge in [-0.2, -0.15) is 0 Å². The van der Waals surface area contributed by atoms with Gasteiger partial charge in [0.05, 0.1) is 31.8 Å². The molecule has 1 aliphatic rings. The Morgan fingerprint density at radius 2 is 1.67 bits per heavy atom. The zero-order valence-corrected chi connectivity index (χ0v) is 25.4. The van der Waals surface area contributed by atoms with Gasteiger partial charge in [-0.05, 0) is 64.4 Å². The predicted molar refractivity (Wildman–Crippen MR) is 157 cm³/mol. The normalized spacial score (nSPS) is 16.8. The monoisotopic (exact) mass is 591 g/mol. The summed E-state index contributed by atoms with van der Waals surface area (Å²) in [6.07, 6.45) is 1.92. The van der Waals surface area contributed by atoms with Crippen molar-refractivity contribution in [3.8, 4) is 0 Å². The number of rotatable bonds is 15. The second-order valence-electron chi connectivity index (χ2n) is 11.9. The van der Waals surface area contributed by atoms with Crippen LogP contribution in [-0.4, -0.2) is 77.6 Å². The van der Waals surface area contributed by atoms with E-state index >= 15 is 0 Å². The number of hydrogen-bond donors (Lipinski definition) is 5. The Morgan fingerprint density at radius 1 is 1.00 bits per heavy atom. The lowest BCUT2D eigenvalue weighted by atomic mass is 9.81. The molecule has 0 aromatic heterocycles. The summed E-state index contributed by atoms with van der Waals surface area (Å²) in [7, 11) is 1.24. The van der Waals surface area contributed by atoms with Crippen molar-refractivity contribution < 1.29 is 38.9 Å². The van der Waals surface area contributed by atoms with Gasteiger partial charge in [-0.3, -0.25) is 14.4 Å². The van der Waals surface area contributed by atoms with E-state index in [1.807, 2.05) is 30.3 Å². The molecule has 0 unspecified atom stereocenters. The van der Waals surface area contributed by atoms with Crippen LogP contribution in [0.5, 0.6) is 0 Å². The van der Waals surface area contributed by atoms with E-state index in [1.165, 1.54) is 7.11 Å². The lowest BCUT2D eigenvalue weighted by molar-refractivity contribution is -0.141. The summed E-state index contributed by atoms with van der Waals surface area (Å²) in [6, 6.07) is 7.63. The van der Waals surface area contributed by atoms with Crippen molar-refractivity contribution in [3.63, 3.8) is 0 Å². The van der Waals surface area contributed by atoms with Crippen molar-refractivity contribution in [2.24, 2.45) is 5.92 Å². The summed E-state index contributed by atoms with van der Waals surface area (Å²) in [5, 5.41) is 30.2. The summed E-state index contributed by atoms with van der Waals surface area (Å²) in [5.74, 6) is -1.79. The molecule has 236 valence electrons. The summed E-state index contributed by atoms with van der Waals surface area (Å²) in [5.41, 5.74) is 0.342. The van der Waals surface area contributed by atoms with Gasteiger partial charge in [0.1, 0.15) is 11.6 Å². The van der Waals surface area contributed by atoms with Crippen LogP contribution in [-0.2, 0) is 30.3 Å². The van der Waals surface area contributed by atoms with Gasteiger partial charge in [0, 0.05) is 13.0 Å². The minimum absolute atomic E-state index is 0.00329. The number of aryl methyl sites for hydroxylation is 1. The number of alkyl carbamates (subject to hydrolysis) is 1. The first kappa shape index (κ1) is 35.0. The van der Waals surface area contributed by atoms with Gasteiger partial charge in [0.25, 0.3) is 0 Å². The van der Waals surface area contributed by atoms with Gasteiger partial charge in [-0.1, -0.05) is 49.6 Å². The first-order valence-electron chi connectivity index (χ1n) is 14.9. The summed E-state index contributed by atoms with van der Waals surface area (Å²) in [6.45, 7) is 5.47. The van der Waals surface area contributed by atoms with Gasteiger partial charge >= 0.3 is 12.1 Å². The molecule has 0 spiro atoms. The largest absolute Gasteiger partial charge is 0.469 e. The molecule has 0 radical (unpaired) electrons. The van der Waals surface area contributed by atoms with Crippen LogP contribution in [0.1, 0.15) is 84.1 Å². The molecule has 3 amide bonds. The van der Waals surface area contributed by atoms with Crippen molar-refractivity contribution in [1.29, 1.82) is 0 Å². The molecule has 1 aromatic carbocycles. The van der Waals surface area contributed by atoms with E-state index in [1.54, 1.807) is 20.8 Å². The molecule has 1 fully saturated rings. The molecule has 0 heterocycles. The highest BCUT2D eigenvalue weighted by molar-refractivity contribution is 5.88. The Labute approximate surface area is 249 Å². The summed E-state index contributed by atoms with van der Waals surface area (Å²) >= 11 is 0. The van der Waals surface area contributed by atoms with Gasteiger partial charge in [0.15, 0.2) is 0 Å². The third-order valence-corrected chi connectivity index (χ3v) is 7.29. The van der Waals surface area contributed by atoms with Gasteiger partial charge < -0.3 is 35.6 Å². The van der Waals surface area contributed by atoms with E-state index in [0.29, 0.717) is 13.0 Å². The zero-order chi connectivity index (χ0) is 31.1. The number of aliphatic hydroxyl groups is 2. The van der Waals surface area contributed by atoms with Gasteiger partial charge in [-0.25, -0.2) is 4.79 Å². The number of nitrogens with one attached hydrogen (secondary N) is 3. The number of carbonyl (C=O) groups is 4. The molecule has 1 saturated carbocycles. The third-order valence-electron chi connectivity index (χ3n) is 7.29. The average Bonchev–Trinajstić information content (AvgIpc) is 2.95. The lowest BCUT2D eigenvalue weighted by Crippen LogP contribution is -2.56. The predicted octanol–water partition coefficient (Wildman–Crippen LogP) is 2.76. The van der Waals surface area contributed by atoms with Crippen molar-refractivity contribution in [2.75, 3.05) is 13.7 Å². The van der Waals surface area contributed by atoms with Crippen LogP contribution in [0.25, 0.3) is 0 Å². The Balaban J connectivity index is 2.03. The first-order chi connectivity index (χ1) is 19.9. The van der Waals surface area contributed by atoms with Crippen LogP contribution in [0.3, 0.4) is 0 Å². The molecule has 42 heavy (non-hydrogen) atoms. The van der Waals surface area contributed by atoms with Crippen LogP contribution < -0.4 is 16.0 Å². The number of carbonyl (C=O) groups excluding carboxylic acids is 4. The highest BCUT2D eigenvalue weighted by Gasteiger charge is 2.37. The second-order valence-corrected chi connectivity index (χ2v) is 11.9. The maximum absolute atomic E-state index is 13.0. The average molecular weight is 592 g/mol. The van der Waals surface area contributed by atoms with Gasteiger partial charge in [-0.15, -0.1) is 0 Å². The fourth-order valence-electron chi connectivity index (χ4n) is 5.10. The third kappa shape index (κ3) is 13.2. The SMILES string of the molecule is COC(=O)CC[C@H](NC(=O)C[C@H](O)[C@@H](NC(=O)OC(C)(C)C)[C@@H](O)C1CCCCC1)C(=O)NCCCc1ccccc1. The molecule has 1 aliphatic carbocycles. The molecule has 11 heteroatoms. The van der Waals surface area contributed by atoms with E-state index in [2.05, 4.69) is 20.7 Å². The van der Waals surface area contributed by atoms with Gasteiger partial charge in [0.2, 0.25) is 11.8 Å². The molecule has 1 aromatic rings. The summed E-state index contributed by atoms with van der Waals surface area (Å²) in [4.78, 5) is 50.3. The molecule has 2 rings (SSSR count). The van der Waals surface area contributed by atoms with E-state index in [9.17, 15) is 29.4 Å². The van der Waals surface area contributed by atoms with Crippen LogP contribution in [0.4, 0.5) is 4.79 Å². The molecule has 4 atom stereocenters. The van der Waals surface area contributed by atoms with Crippen LogP contribution in [0, 0.1) is 5.92 Å². The Hall–Kier alpha value is -3.18. The topological polar surface area (TPSA) is 163 Å². The van der Waals surface area contributed by atoms with Crippen LogP contribution in [0.2, 0.25) is 0 Å². The number of methoxy groups -OCH3 is 1. The zero-order valence-electron chi connectivity index (χ0n) is 25.4. The standard InChI is InChI=1S/C31H49N3O8/c1-31(2,3)42-30(40)34-27(28(38)22-15-9-6-10-16-22)24(35)20-25(36)33-23(17-18-26(37)41-4)29(39)32-19-11-14-21-12-7-5-8-13-21/h5,7-8,12-13,22-24,27-28,35,38H,6,9-11,14-20H2,1-4H3,(H,32,39)(H,33,36)(H,34,40)/t23-,24-,27+,28-/m0/s1. The van der Waals surface area contributed by atoms with E-state index in [0.717, 1.165) is 44.1 Å². The Morgan fingerprint density at radius 3 is 2.29 bits per heavy atom. The highest BCUT2D eigenvalue weighted by atomic mass is 16.6. The van der Waals surface area contributed by atoms with Crippen molar-refractivity contribution in [2.45, 2.75) is 115 Å². The molecule has 0 aliphatic heterocycles.